The Labute approximate surface area is 117 Å². The van der Waals surface area contributed by atoms with Gasteiger partial charge in [0.25, 0.3) is 5.91 Å². The highest BCUT2D eigenvalue weighted by atomic mass is 35.5. The maximum Gasteiger partial charge on any atom is 0.255 e. The van der Waals surface area contributed by atoms with Crippen LogP contribution in [-0.2, 0) is 4.79 Å². The third kappa shape index (κ3) is 2.98. The smallest absolute Gasteiger partial charge is 0.255 e. The van der Waals surface area contributed by atoms with E-state index in [1.54, 1.807) is 29.0 Å². The van der Waals surface area contributed by atoms with E-state index in [4.69, 9.17) is 11.6 Å². The first-order chi connectivity index (χ1) is 9.15. The molecule has 0 unspecified atom stereocenters. The van der Waals surface area contributed by atoms with Gasteiger partial charge in [0, 0.05) is 38.9 Å². The summed E-state index contributed by atoms with van der Waals surface area (Å²) in [6.07, 6.45) is 0.816. The summed E-state index contributed by atoms with van der Waals surface area (Å²) in [7, 11) is 1.80. The third-order valence-corrected chi connectivity index (χ3v) is 3.55. The normalized spacial score (nSPS) is 15.3. The summed E-state index contributed by atoms with van der Waals surface area (Å²) in [5.41, 5.74) is 1.37. The average molecular weight is 282 g/mol. The number of amides is 2. The number of piperazine rings is 1. The van der Waals surface area contributed by atoms with Crippen LogP contribution in [0, 0.1) is 0 Å². The molecule has 0 radical (unpaired) electrons. The van der Waals surface area contributed by atoms with E-state index >= 15 is 0 Å². The van der Waals surface area contributed by atoms with E-state index < -0.39 is 0 Å². The fraction of sp³-hybridized carbons (Fsp3) is 0.385. The van der Waals surface area contributed by atoms with Gasteiger partial charge in [-0.1, -0.05) is 11.6 Å². The molecule has 1 aromatic rings. The zero-order chi connectivity index (χ0) is 13.8. The van der Waals surface area contributed by atoms with Crippen LogP contribution in [-0.4, -0.2) is 55.3 Å². The molecule has 1 aliphatic rings. The number of carbonyl (C=O) groups is 2. The Kier molecular flexibility index (Phi) is 4.27. The van der Waals surface area contributed by atoms with Gasteiger partial charge in [0.05, 0.1) is 10.6 Å². The summed E-state index contributed by atoms with van der Waals surface area (Å²) < 4.78 is 0. The van der Waals surface area contributed by atoms with Gasteiger partial charge in [-0.3, -0.25) is 9.59 Å². The molecule has 0 aliphatic carbocycles. The largest absolute Gasteiger partial charge is 0.388 e. The number of nitrogens with one attached hydrogen (secondary N) is 1. The summed E-state index contributed by atoms with van der Waals surface area (Å²) in [6, 6.07) is 5.28. The molecule has 1 N–H and O–H groups in total. The van der Waals surface area contributed by atoms with Gasteiger partial charge in [0.15, 0.2) is 0 Å². The highest BCUT2D eigenvalue weighted by Crippen LogP contribution is 2.22. The van der Waals surface area contributed by atoms with Crippen LogP contribution in [0.2, 0.25) is 5.02 Å². The zero-order valence-corrected chi connectivity index (χ0v) is 11.5. The molecule has 0 saturated carbocycles. The minimum atomic E-state index is -0.0850. The summed E-state index contributed by atoms with van der Waals surface area (Å²) in [6.45, 7) is 2.23. The summed E-state index contributed by atoms with van der Waals surface area (Å²) in [5, 5.41) is 3.41. The Balaban J connectivity index is 2.10. The molecule has 0 atom stereocenters. The maximum atomic E-state index is 12.3. The second-order valence-corrected chi connectivity index (χ2v) is 4.79. The summed E-state index contributed by atoms with van der Waals surface area (Å²) in [5.74, 6) is -0.0850. The fourth-order valence-corrected chi connectivity index (χ4v) is 2.31. The number of nitrogens with zero attached hydrogens (tertiary/aromatic N) is 2. The van der Waals surface area contributed by atoms with Crippen molar-refractivity contribution in [1.29, 1.82) is 0 Å². The van der Waals surface area contributed by atoms with Crippen molar-refractivity contribution in [3.8, 4) is 0 Å². The van der Waals surface area contributed by atoms with Crippen molar-refractivity contribution in [2.75, 3.05) is 38.5 Å². The quantitative estimate of drug-likeness (QED) is 0.850. The molecule has 0 bridgehead atoms. The average Bonchev–Trinajstić information content (AvgIpc) is 2.46. The van der Waals surface area contributed by atoms with E-state index in [1.165, 1.54) is 0 Å². The van der Waals surface area contributed by atoms with Gasteiger partial charge in [0.2, 0.25) is 6.41 Å². The lowest BCUT2D eigenvalue weighted by Crippen LogP contribution is -2.48. The number of hydrogen-bond acceptors (Lipinski definition) is 3. The molecule has 102 valence electrons. The predicted octanol–water partition coefficient (Wildman–Crippen LogP) is 1.30. The van der Waals surface area contributed by atoms with Crippen molar-refractivity contribution in [2.45, 2.75) is 0 Å². The van der Waals surface area contributed by atoms with E-state index in [9.17, 15) is 9.59 Å². The van der Waals surface area contributed by atoms with Gasteiger partial charge < -0.3 is 15.1 Å². The van der Waals surface area contributed by atoms with E-state index in [0.717, 1.165) is 12.1 Å². The van der Waals surface area contributed by atoms with Crippen molar-refractivity contribution >= 4 is 29.6 Å². The van der Waals surface area contributed by atoms with E-state index in [1.807, 2.05) is 6.07 Å². The molecule has 0 aromatic heterocycles. The Hall–Kier alpha value is -1.75. The molecule has 2 amide bonds. The molecule has 1 aromatic carbocycles. The van der Waals surface area contributed by atoms with Crippen molar-refractivity contribution in [3.05, 3.63) is 28.8 Å². The first-order valence-corrected chi connectivity index (χ1v) is 6.49. The van der Waals surface area contributed by atoms with Crippen LogP contribution in [0.4, 0.5) is 5.69 Å². The fourth-order valence-electron chi connectivity index (χ4n) is 2.04. The second kappa shape index (κ2) is 5.93. The van der Waals surface area contributed by atoms with Crippen molar-refractivity contribution in [2.24, 2.45) is 0 Å². The first kappa shape index (κ1) is 13.7. The number of benzene rings is 1. The summed E-state index contributed by atoms with van der Waals surface area (Å²) in [4.78, 5) is 26.3. The summed E-state index contributed by atoms with van der Waals surface area (Å²) >= 11 is 6.12. The maximum absolute atomic E-state index is 12.3. The molecule has 2 rings (SSSR count). The Bertz CT molecular complexity index is 485. The lowest BCUT2D eigenvalue weighted by atomic mass is 10.1. The number of rotatable bonds is 3. The van der Waals surface area contributed by atoms with Crippen LogP contribution < -0.4 is 5.32 Å². The number of carbonyl (C=O) groups excluding carboxylic acids is 2. The standard InChI is InChI=1S/C13H16ClN3O2/c1-15-10-2-3-11(12(14)8-10)13(19)17-6-4-16(9-18)5-7-17/h2-3,8-9,15H,4-7H2,1H3. The van der Waals surface area contributed by atoms with E-state index in [-0.39, 0.29) is 5.91 Å². The Morgan fingerprint density at radius 3 is 2.53 bits per heavy atom. The van der Waals surface area contributed by atoms with Crippen LogP contribution in [0.3, 0.4) is 0 Å². The molecule has 6 heteroatoms. The topological polar surface area (TPSA) is 52.7 Å². The SMILES string of the molecule is CNc1ccc(C(=O)N2CCN(C=O)CC2)c(Cl)c1. The number of halogens is 1. The zero-order valence-electron chi connectivity index (χ0n) is 10.7. The monoisotopic (exact) mass is 281 g/mol. The predicted molar refractivity (Wildman–Crippen MR) is 74.5 cm³/mol. The van der Waals surface area contributed by atoms with Crippen molar-refractivity contribution in [3.63, 3.8) is 0 Å². The molecule has 1 saturated heterocycles. The van der Waals surface area contributed by atoms with Gasteiger partial charge in [-0.25, -0.2) is 0 Å². The highest BCUT2D eigenvalue weighted by molar-refractivity contribution is 6.34. The number of hydrogen-bond donors (Lipinski definition) is 1. The minimum absolute atomic E-state index is 0.0850. The van der Waals surface area contributed by atoms with Crippen LogP contribution in [0.5, 0.6) is 0 Å². The third-order valence-electron chi connectivity index (χ3n) is 3.24. The van der Waals surface area contributed by atoms with Gasteiger partial charge in [-0.05, 0) is 18.2 Å². The van der Waals surface area contributed by atoms with E-state index in [0.29, 0.717) is 36.8 Å². The molecule has 19 heavy (non-hydrogen) atoms. The van der Waals surface area contributed by atoms with Gasteiger partial charge in [-0.2, -0.15) is 0 Å². The van der Waals surface area contributed by atoms with Crippen LogP contribution >= 0.6 is 11.6 Å². The molecule has 1 aliphatic heterocycles. The van der Waals surface area contributed by atoms with Gasteiger partial charge in [-0.15, -0.1) is 0 Å². The van der Waals surface area contributed by atoms with Crippen LogP contribution in [0.25, 0.3) is 0 Å². The van der Waals surface area contributed by atoms with Crippen LogP contribution in [0.15, 0.2) is 18.2 Å². The lowest BCUT2D eigenvalue weighted by molar-refractivity contribution is -0.119. The van der Waals surface area contributed by atoms with Crippen molar-refractivity contribution < 1.29 is 9.59 Å². The van der Waals surface area contributed by atoms with Crippen LogP contribution in [0.1, 0.15) is 10.4 Å². The lowest BCUT2D eigenvalue weighted by Gasteiger charge is -2.32. The minimum Gasteiger partial charge on any atom is -0.388 e. The molecule has 5 nitrogen and oxygen atoms in total. The van der Waals surface area contributed by atoms with Gasteiger partial charge in [0.1, 0.15) is 0 Å². The highest BCUT2D eigenvalue weighted by Gasteiger charge is 2.22. The first-order valence-electron chi connectivity index (χ1n) is 6.11. The molecular formula is C13H16ClN3O2. The molecule has 1 heterocycles. The van der Waals surface area contributed by atoms with Crippen molar-refractivity contribution in [1.82, 2.24) is 9.80 Å². The molecular weight excluding hydrogens is 266 g/mol. The number of anilines is 1. The Morgan fingerprint density at radius 2 is 2.00 bits per heavy atom. The van der Waals surface area contributed by atoms with E-state index in [2.05, 4.69) is 5.32 Å². The molecule has 0 spiro atoms. The Morgan fingerprint density at radius 1 is 1.32 bits per heavy atom. The second-order valence-electron chi connectivity index (χ2n) is 4.38. The van der Waals surface area contributed by atoms with Gasteiger partial charge >= 0.3 is 0 Å². The molecule has 1 fully saturated rings.